The number of hydrogen-bond donors (Lipinski definition) is 0. The van der Waals surface area contributed by atoms with Crippen molar-refractivity contribution in [2.24, 2.45) is 16.7 Å². The quantitative estimate of drug-likeness (QED) is 0.332. The first-order valence-electron chi connectivity index (χ1n) is 8.09. The van der Waals surface area contributed by atoms with Crippen molar-refractivity contribution in [2.75, 3.05) is 0 Å². The van der Waals surface area contributed by atoms with Gasteiger partial charge in [-0.3, -0.25) is 0 Å². The van der Waals surface area contributed by atoms with Gasteiger partial charge in [0.15, 0.2) is 0 Å². The van der Waals surface area contributed by atoms with Crippen LogP contribution >= 0.6 is 0 Å². The van der Waals surface area contributed by atoms with E-state index in [0.29, 0.717) is 16.7 Å². The predicted octanol–water partition coefficient (Wildman–Crippen LogP) is 6.94. The van der Waals surface area contributed by atoms with Crippen LogP contribution in [0.1, 0.15) is 73.6 Å². The van der Waals surface area contributed by atoms with Crippen molar-refractivity contribution >= 4 is 0 Å². The zero-order chi connectivity index (χ0) is 15.6. The largest absolute Gasteiger partial charge is 0.103 e. The molecule has 0 bridgehead atoms. The summed E-state index contributed by atoms with van der Waals surface area (Å²) >= 11 is 0. The smallest absolute Gasteiger partial charge is 0.0184 e. The molecule has 0 aromatic heterocycles. The standard InChI is InChI=1S/C20H36/c1-8-18(20(5,6)7)16-14-12-10-9-11-13-15-17-19(2,3)4/h8,10,12-13,15,18H,1,9,11,14,16-17H2,2-7H3/b12-10-,15-13+. The summed E-state index contributed by atoms with van der Waals surface area (Å²) in [6.07, 6.45) is 17.3. The molecule has 0 nitrogen and oxygen atoms in total. The Balaban J connectivity index is 3.75. The summed E-state index contributed by atoms with van der Waals surface area (Å²) in [6.45, 7) is 17.7. The lowest BCUT2D eigenvalue weighted by atomic mass is 9.78. The zero-order valence-corrected chi connectivity index (χ0v) is 14.7. The molecule has 1 unspecified atom stereocenters. The lowest BCUT2D eigenvalue weighted by molar-refractivity contribution is 0.280. The lowest BCUT2D eigenvalue weighted by Crippen LogP contribution is -2.17. The third kappa shape index (κ3) is 11.1. The highest BCUT2D eigenvalue weighted by Crippen LogP contribution is 2.30. The molecule has 0 rings (SSSR count). The van der Waals surface area contributed by atoms with Crippen LogP contribution in [0.5, 0.6) is 0 Å². The molecule has 0 heterocycles. The highest BCUT2D eigenvalue weighted by atomic mass is 14.2. The SMILES string of the molecule is C=CC(CC/C=C\CC/C=C/CC(C)(C)C)C(C)(C)C. The van der Waals surface area contributed by atoms with E-state index in [2.05, 4.69) is 78.5 Å². The van der Waals surface area contributed by atoms with Gasteiger partial charge in [0, 0.05) is 0 Å². The van der Waals surface area contributed by atoms with Crippen LogP contribution in [0.2, 0.25) is 0 Å². The minimum atomic E-state index is 0.339. The van der Waals surface area contributed by atoms with Crippen LogP contribution in [0.3, 0.4) is 0 Å². The average molecular weight is 277 g/mol. The van der Waals surface area contributed by atoms with Crippen LogP contribution < -0.4 is 0 Å². The highest BCUT2D eigenvalue weighted by molar-refractivity contribution is 4.93. The highest BCUT2D eigenvalue weighted by Gasteiger charge is 2.20. The lowest BCUT2D eigenvalue weighted by Gasteiger charge is -2.27. The Morgan fingerprint density at radius 2 is 1.30 bits per heavy atom. The van der Waals surface area contributed by atoms with Gasteiger partial charge in [-0.05, 0) is 48.9 Å². The first kappa shape index (κ1) is 19.2. The van der Waals surface area contributed by atoms with Gasteiger partial charge in [0.1, 0.15) is 0 Å². The monoisotopic (exact) mass is 276 g/mol. The van der Waals surface area contributed by atoms with E-state index < -0.39 is 0 Å². The second kappa shape index (κ2) is 9.21. The van der Waals surface area contributed by atoms with Gasteiger partial charge in [0.2, 0.25) is 0 Å². The molecule has 0 aromatic carbocycles. The van der Waals surface area contributed by atoms with Crippen LogP contribution in [-0.2, 0) is 0 Å². The fraction of sp³-hybridized carbons (Fsp3) is 0.700. The van der Waals surface area contributed by atoms with E-state index in [-0.39, 0.29) is 0 Å². The second-order valence-corrected chi connectivity index (χ2v) is 8.07. The Morgan fingerprint density at radius 1 is 0.800 bits per heavy atom. The maximum atomic E-state index is 3.96. The Morgan fingerprint density at radius 3 is 1.75 bits per heavy atom. The molecule has 0 spiro atoms. The van der Waals surface area contributed by atoms with Crippen LogP contribution in [-0.4, -0.2) is 0 Å². The Bertz CT molecular complexity index is 304. The summed E-state index contributed by atoms with van der Waals surface area (Å²) < 4.78 is 0. The van der Waals surface area contributed by atoms with Gasteiger partial charge in [-0.2, -0.15) is 0 Å². The zero-order valence-electron chi connectivity index (χ0n) is 14.7. The van der Waals surface area contributed by atoms with Crippen molar-refractivity contribution in [1.82, 2.24) is 0 Å². The summed E-state index contributed by atoms with van der Waals surface area (Å²) in [5.41, 5.74) is 0.754. The molecule has 0 aliphatic rings. The predicted molar refractivity (Wildman–Crippen MR) is 94.0 cm³/mol. The molecule has 0 saturated heterocycles. The van der Waals surface area contributed by atoms with Gasteiger partial charge in [-0.1, -0.05) is 71.9 Å². The molecular weight excluding hydrogens is 240 g/mol. The van der Waals surface area contributed by atoms with Crippen molar-refractivity contribution in [3.8, 4) is 0 Å². The average Bonchev–Trinajstić information content (AvgIpc) is 2.28. The molecule has 0 amide bonds. The van der Waals surface area contributed by atoms with Crippen LogP contribution in [0, 0.1) is 16.7 Å². The van der Waals surface area contributed by atoms with Crippen molar-refractivity contribution in [2.45, 2.75) is 73.6 Å². The molecule has 0 fully saturated rings. The van der Waals surface area contributed by atoms with Gasteiger partial charge in [0.05, 0.1) is 0 Å². The first-order valence-corrected chi connectivity index (χ1v) is 8.09. The van der Waals surface area contributed by atoms with Crippen molar-refractivity contribution in [3.05, 3.63) is 37.0 Å². The number of hydrogen-bond acceptors (Lipinski definition) is 0. The molecule has 20 heavy (non-hydrogen) atoms. The van der Waals surface area contributed by atoms with Gasteiger partial charge >= 0.3 is 0 Å². The summed E-state index contributed by atoms with van der Waals surface area (Å²) in [4.78, 5) is 0. The number of allylic oxidation sites excluding steroid dienone is 5. The Kier molecular flexibility index (Phi) is 8.85. The Labute approximate surface area is 128 Å². The minimum absolute atomic E-state index is 0.339. The van der Waals surface area contributed by atoms with Crippen molar-refractivity contribution in [1.29, 1.82) is 0 Å². The van der Waals surface area contributed by atoms with E-state index in [1.54, 1.807) is 0 Å². The number of unbranched alkanes of at least 4 members (excludes halogenated alkanes) is 1. The van der Waals surface area contributed by atoms with Gasteiger partial charge < -0.3 is 0 Å². The molecule has 0 N–H and O–H groups in total. The molecule has 1 atom stereocenters. The third-order valence-electron chi connectivity index (χ3n) is 3.60. The van der Waals surface area contributed by atoms with E-state index in [4.69, 9.17) is 0 Å². The molecule has 0 heteroatoms. The number of rotatable bonds is 8. The fourth-order valence-electron chi connectivity index (χ4n) is 2.16. The van der Waals surface area contributed by atoms with Crippen molar-refractivity contribution in [3.63, 3.8) is 0 Å². The molecule has 116 valence electrons. The molecule has 0 radical (unpaired) electrons. The van der Waals surface area contributed by atoms with Crippen LogP contribution in [0.4, 0.5) is 0 Å². The second-order valence-electron chi connectivity index (χ2n) is 8.07. The van der Waals surface area contributed by atoms with E-state index in [0.717, 1.165) is 12.8 Å². The first-order chi connectivity index (χ1) is 9.17. The maximum Gasteiger partial charge on any atom is -0.0184 e. The molecule has 0 aliphatic heterocycles. The molecule has 0 saturated carbocycles. The summed E-state index contributed by atoms with van der Waals surface area (Å²) in [5, 5.41) is 0. The molecule has 0 aliphatic carbocycles. The normalized spacial score (nSPS) is 15.1. The van der Waals surface area contributed by atoms with E-state index in [9.17, 15) is 0 Å². The van der Waals surface area contributed by atoms with Gasteiger partial charge in [0.25, 0.3) is 0 Å². The van der Waals surface area contributed by atoms with E-state index in [1.807, 2.05) is 0 Å². The van der Waals surface area contributed by atoms with Gasteiger partial charge in [-0.25, -0.2) is 0 Å². The fourth-order valence-corrected chi connectivity index (χ4v) is 2.16. The van der Waals surface area contributed by atoms with Gasteiger partial charge in [-0.15, -0.1) is 6.58 Å². The minimum Gasteiger partial charge on any atom is -0.103 e. The van der Waals surface area contributed by atoms with Crippen LogP contribution in [0.25, 0.3) is 0 Å². The van der Waals surface area contributed by atoms with E-state index in [1.165, 1.54) is 19.3 Å². The van der Waals surface area contributed by atoms with Crippen molar-refractivity contribution < 1.29 is 0 Å². The molecule has 0 aromatic rings. The Hall–Kier alpha value is -0.780. The van der Waals surface area contributed by atoms with E-state index >= 15 is 0 Å². The van der Waals surface area contributed by atoms with Crippen LogP contribution in [0.15, 0.2) is 37.0 Å². The summed E-state index contributed by atoms with van der Waals surface area (Å²) in [6, 6.07) is 0. The topological polar surface area (TPSA) is 0 Å². The maximum absolute atomic E-state index is 3.96. The summed E-state index contributed by atoms with van der Waals surface area (Å²) in [7, 11) is 0. The summed E-state index contributed by atoms with van der Waals surface area (Å²) in [5.74, 6) is 0.610. The third-order valence-corrected chi connectivity index (χ3v) is 3.60. The molecular formula is C20H36.